The van der Waals surface area contributed by atoms with Gasteiger partial charge >= 0.3 is 0 Å². The summed E-state index contributed by atoms with van der Waals surface area (Å²) in [6.07, 6.45) is 5.16. The first kappa shape index (κ1) is 18.1. The van der Waals surface area contributed by atoms with E-state index < -0.39 is 0 Å². The van der Waals surface area contributed by atoms with Crippen LogP contribution in [0.4, 0.5) is 5.69 Å². The molecule has 0 radical (unpaired) electrons. The molecule has 0 saturated heterocycles. The maximum absolute atomic E-state index is 12.0. The highest BCUT2D eigenvalue weighted by Crippen LogP contribution is 2.11. The fourth-order valence-electron chi connectivity index (χ4n) is 1.91. The lowest BCUT2D eigenvalue weighted by atomic mass is 10.1. The molecular weight excluding hydrogens is 314 g/mol. The molecule has 0 aliphatic carbocycles. The SMILES string of the molecule is CC(C)C(=O)Nc1ccc(C(=O)N/N=C/C=C/c2ccccc2)cc1. The second kappa shape index (κ2) is 9.17. The number of hydrogen-bond acceptors (Lipinski definition) is 3. The van der Waals surface area contributed by atoms with Crippen molar-refractivity contribution >= 4 is 29.8 Å². The van der Waals surface area contributed by atoms with Crippen molar-refractivity contribution in [2.24, 2.45) is 11.0 Å². The predicted molar refractivity (Wildman–Crippen MR) is 101 cm³/mol. The summed E-state index contributed by atoms with van der Waals surface area (Å²) in [4.78, 5) is 23.6. The molecule has 5 nitrogen and oxygen atoms in total. The molecule has 0 aliphatic rings. The lowest BCUT2D eigenvalue weighted by molar-refractivity contribution is -0.118. The molecule has 2 rings (SSSR count). The highest BCUT2D eigenvalue weighted by atomic mass is 16.2. The summed E-state index contributed by atoms with van der Waals surface area (Å²) >= 11 is 0. The van der Waals surface area contributed by atoms with Crippen LogP contribution in [0.5, 0.6) is 0 Å². The molecule has 25 heavy (non-hydrogen) atoms. The van der Waals surface area contributed by atoms with Gasteiger partial charge in [0.1, 0.15) is 0 Å². The highest BCUT2D eigenvalue weighted by Gasteiger charge is 2.08. The molecule has 0 heterocycles. The summed E-state index contributed by atoms with van der Waals surface area (Å²) in [6.45, 7) is 3.64. The molecule has 0 aromatic heterocycles. The van der Waals surface area contributed by atoms with E-state index in [4.69, 9.17) is 0 Å². The van der Waals surface area contributed by atoms with Gasteiger partial charge in [0.05, 0.1) is 0 Å². The Hall–Kier alpha value is -3.21. The zero-order valence-electron chi connectivity index (χ0n) is 14.3. The van der Waals surface area contributed by atoms with E-state index in [1.165, 1.54) is 6.21 Å². The summed E-state index contributed by atoms with van der Waals surface area (Å²) in [7, 11) is 0. The van der Waals surface area contributed by atoms with E-state index in [0.29, 0.717) is 11.3 Å². The maximum Gasteiger partial charge on any atom is 0.271 e. The van der Waals surface area contributed by atoms with Crippen LogP contribution in [0.1, 0.15) is 29.8 Å². The van der Waals surface area contributed by atoms with Crippen molar-refractivity contribution in [2.75, 3.05) is 5.32 Å². The molecule has 0 fully saturated rings. The molecule has 2 amide bonds. The average Bonchev–Trinajstić information content (AvgIpc) is 2.62. The van der Waals surface area contributed by atoms with E-state index in [9.17, 15) is 9.59 Å². The summed E-state index contributed by atoms with van der Waals surface area (Å²) in [6, 6.07) is 16.5. The van der Waals surface area contributed by atoms with E-state index in [2.05, 4.69) is 15.8 Å². The van der Waals surface area contributed by atoms with Crippen molar-refractivity contribution < 1.29 is 9.59 Å². The molecule has 0 unspecified atom stereocenters. The van der Waals surface area contributed by atoms with Crippen LogP contribution in [-0.4, -0.2) is 18.0 Å². The normalized spacial score (nSPS) is 11.2. The third-order valence-electron chi connectivity index (χ3n) is 3.35. The summed E-state index contributed by atoms with van der Waals surface area (Å²) in [5, 5.41) is 6.65. The van der Waals surface area contributed by atoms with E-state index in [0.717, 1.165) is 5.56 Å². The number of hydrazone groups is 1. The number of nitrogens with zero attached hydrogens (tertiary/aromatic N) is 1. The van der Waals surface area contributed by atoms with Crippen LogP contribution in [0, 0.1) is 5.92 Å². The monoisotopic (exact) mass is 335 g/mol. The number of carbonyl (C=O) groups excluding carboxylic acids is 2. The van der Waals surface area contributed by atoms with Crippen LogP contribution in [0.25, 0.3) is 6.08 Å². The van der Waals surface area contributed by atoms with Crippen molar-refractivity contribution in [3.05, 3.63) is 71.8 Å². The van der Waals surface area contributed by atoms with Crippen molar-refractivity contribution in [3.63, 3.8) is 0 Å². The van der Waals surface area contributed by atoms with Gasteiger partial charge in [-0.1, -0.05) is 50.3 Å². The number of hydrogen-bond donors (Lipinski definition) is 2. The molecule has 2 aromatic rings. The third-order valence-corrected chi connectivity index (χ3v) is 3.35. The van der Waals surface area contributed by atoms with Crippen molar-refractivity contribution in [3.8, 4) is 0 Å². The van der Waals surface area contributed by atoms with Crippen LogP contribution < -0.4 is 10.7 Å². The zero-order valence-corrected chi connectivity index (χ0v) is 14.3. The second-order valence-corrected chi connectivity index (χ2v) is 5.71. The minimum Gasteiger partial charge on any atom is -0.326 e. The molecule has 0 aliphatic heterocycles. The fourth-order valence-corrected chi connectivity index (χ4v) is 1.91. The van der Waals surface area contributed by atoms with Gasteiger partial charge in [0.25, 0.3) is 5.91 Å². The topological polar surface area (TPSA) is 70.6 Å². The molecule has 0 saturated carbocycles. The highest BCUT2D eigenvalue weighted by molar-refractivity contribution is 5.96. The number of carbonyl (C=O) groups is 2. The molecular formula is C20H21N3O2. The molecule has 2 aromatic carbocycles. The smallest absolute Gasteiger partial charge is 0.271 e. The Kier molecular flexibility index (Phi) is 6.65. The number of anilines is 1. The number of rotatable bonds is 6. The fraction of sp³-hybridized carbons (Fsp3) is 0.150. The first-order valence-electron chi connectivity index (χ1n) is 8.02. The first-order chi connectivity index (χ1) is 12.1. The Morgan fingerprint density at radius 3 is 2.32 bits per heavy atom. The zero-order chi connectivity index (χ0) is 18.1. The van der Waals surface area contributed by atoms with Crippen LogP contribution in [0.3, 0.4) is 0 Å². The Labute approximate surface area is 147 Å². The van der Waals surface area contributed by atoms with Gasteiger partial charge in [-0.3, -0.25) is 9.59 Å². The number of allylic oxidation sites excluding steroid dienone is 1. The molecule has 0 spiro atoms. The molecule has 0 bridgehead atoms. The van der Waals surface area contributed by atoms with Gasteiger partial charge in [-0.15, -0.1) is 0 Å². The minimum absolute atomic E-state index is 0.0630. The van der Waals surface area contributed by atoms with Crippen molar-refractivity contribution in [2.45, 2.75) is 13.8 Å². The molecule has 5 heteroatoms. The average molecular weight is 335 g/mol. The summed E-state index contributed by atoms with van der Waals surface area (Å²) < 4.78 is 0. The van der Waals surface area contributed by atoms with Gasteiger partial charge in [-0.05, 0) is 35.9 Å². The van der Waals surface area contributed by atoms with Gasteiger partial charge in [0, 0.05) is 23.4 Å². The second-order valence-electron chi connectivity index (χ2n) is 5.71. The van der Waals surface area contributed by atoms with Crippen LogP contribution in [0.2, 0.25) is 0 Å². The lowest BCUT2D eigenvalue weighted by Gasteiger charge is -2.08. The standard InChI is InChI=1S/C20H21N3O2/c1-15(2)19(24)22-18-12-10-17(11-13-18)20(25)23-21-14-6-9-16-7-4-3-5-8-16/h3-15H,1-2H3,(H,22,24)(H,23,25)/b9-6+,21-14+. The van der Waals surface area contributed by atoms with Crippen LogP contribution >= 0.6 is 0 Å². The number of nitrogens with one attached hydrogen (secondary N) is 2. The largest absolute Gasteiger partial charge is 0.326 e. The van der Waals surface area contributed by atoms with Gasteiger partial charge in [-0.25, -0.2) is 5.43 Å². The first-order valence-corrected chi connectivity index (χ1v) is 8.02. The van der Waals surface area contributed by atoms with Crippen LogP contribution in [0.15, 0.2) is 65.8 Å². The maximum atomic E-state index is 12.0. The molecule has 128 valence electrons. The minimum atomic E-state index is -0.314. The Morgan fingerprint density at radius 1 is 1.00 bits per heavy atom. The van der Waals surface area contributed by atoms with Gasteiger partial charge in [0.15, 0.2) is 0 Å². The molecule has 2 N–H and O–H groups in total. The Morgan fingerprint density at radius 2 is 1.68 bits per heavy atom. The lowest BCUT2D eigenvalue weighted by Crippen LogP contribution is -2.19. The number of benzene rings is 2. The Bertz CT molecular complexity index is 763. The number of amides is 2. The van der Waals surface area contributed by atoms with Gasteiger partial charge in [-0.2, -0.15) is 5.10 Å². The third kappa shape index (κ3) is 6.06. The van der Waals surface area contributed by atoms with E-state index in [-0.39, 0.29) is 17.7 Å². The van der Waals surface area contributed by atoms with Crippen molar-refractivity contribution in [1.82, 2.24) is 5.43 Å². The van der Waals surface area contributed by atoms with Gasteiger partial charge in [0.2, 0.25) is 5.91 Å². The Balaban J connectivity index is 1.85. The van der Waals surface area contributed by atoms with Gasteiger partial charge < -0.3 is 5.32 Å². The van der Waals surface area contributed by atoms with E-state index in [1.54, 1.807) is 30.3 Å². The van der Waals surface area contributed by atoms with Crippen LogP contribution in [-0.2, 0) is 4.79 Å². The van der Waals surface area contributed by atoms with E-state index >= 15 is 0 Å². The van der Waals surface area contributed by atoms with Crippen molar-refractivity contribution in [1.29, 1.82) is 0 Å². The van der Waals surface area contributed by atoms with E-state index in [1.807, 2.05) is 50.3 Å². The predicted octanol–water partition coefficient (Wildman–Crippen LogP) is 3.71. The quantitative estimate of drug-likeness (QED) is 0.624. The summed E-state index contributed by atoms with van der Waals surface area (Å²) in [5.41, 5.74) is 4.63. The summed E-state index contributed by atoms with van der Waals surface area (Å²) in [5.74, 6) is -0.473. The molecule has 0 atom stereocenters.